The maximum Gasteiger partial charge on any atom is 0.153 e. The van der Waals surface area contributed by atoms with Crippen LogP contribution in [0.4, 0.5) is 0 Å². The molecule has 1 aliphatic rings. The Kier molecular flexibility index (Phi) is 5.04. The molecule has 0 spiro atoms. The highest BCUT2D eigenvalue weighted by Crippen LogP contribution is 2.30. The van der Waals surface area contributed by atoms with Crippen molar-refractivity contribution in [2.24, 2.45) is 5.73 Å². The van der Waals surface area contributed by atoms with Crippen LogP contribution < -0.4 is 5.73 Å². The van der Waals surface area contributed by atoms with Crippen LogP contribution in [0.2, 0.25) is 5.02 Å². The number of fused-ring (bicyclic) bond motifs is 1. The number of carbonyl (C=O) groups excluding carboxylic acids is 1. The van der Waals surface area contributed by atoms with E-state index < -0.39 is 0 Å². The van der Waals surface area contributed by atoms with Gasteiger partial charge < -0.3 is 5.73 Å². The lowest BCUT2D eigenvalue weighted by molar-refractivity contribution is -0.119. The Morgan fingerprint density at radius 2 is 1.81 bits per heavy atom. The summed E-state index contributed by atoms with van der Waals surface area (Å²) in [6.45, 7) is 0. The second kappa shape index (κ2) is 6.61. The van der Waals surface area contributed by atoms with Crippen molar-refractivity contribution in [1.82, 2.24) is 0 Å². The Morgan fingerprint density at radius 1 is 1.10 bits per heavy atom. The second-order valence-electron chi connectivity index (χ2n) is 5.24. The van der Waals surface area contributed by atoms with E-state index in [9.17, 15) is 4.79 Å². The van der Waals surface area contributed by atoms with Crippen LogP contribution in [0.15, 0.2) is 42.5 Å². The van der Waals surface area contributed by atoms with Crippen LogP contribution in [0.1, 0.15) is 17.5 Å². The average molecular weight is 322 g/mol. The first kappa shape index (κ1) is 16.0. The molecule has 1 unspecified atom stereocenters. The molecule has 0 fully saturated rings. The maximum atomic E-state index is 12.1. The summed E-state index contributed by atoms with van der Waals surface area (Å²) in [7, 11) is 0. The normalized spacial score (nSPS) is 17.6. The molecule has 0 bridgehead atoms. The Labute approximate surface area is 135 Å². The van der Waals surface area contributed by atoms with Crippen molar-refractivity contribution in [3.05, 3.63) is 58.6 Å². The highest BCUT2D eigenvalue weighted by atomic mass is 35.5. The standard InChI is InChI=1S/C17H16ClNO.ClH/c18-13-7-4-12(5-8-13)14-3-1-2-11-6-9-16(19)17(20)10-15(11)14;/h1-5,7-8,16H,6,9-10,19H2;1H. The van der Waals surface area contributed by atoms with E-state index in [-0.39, 0.29) is 24.2 Å². The topological polar surface area (TPSA) is 43.1 Å². The van der Waals surface area contributed by atoms with Crippen LogP contribution in [-0.4, -0.2) is 11.8 Å². The van der Waals surface area contributed by atoms with Crippen LogP contribution in [0.3, 0.4) is 0 Å². The number of hydrogen-bond acceptors (Lipinski definition) is 2. The van der Waals surface area contributed by atoms with Gasteiger partial charge in [-0.1, -0.05) is 41.9 Å². The fourth-order valence-electron chi connectivity index (χ4n) is 2.75. The smallest absolute Gasteiger partial charge is 0.153 e. The molecule has 0 radical (unpaired) electrons. The minimum absolute atomic E-state index is 0. The predicted octanol–water partition coefficient (Wildman–Crippen LogP) is 3.81. The van der Waals surface area contributed by atoms with Gasteiger partial charge in [-0.25, -0.2) is 0 Å². The maximum absolute atomic E-state index is 12.1. The number of aryl methyl sites for hydroxylation is 1. The van der Waals surface area contributed by atoms with Crippen LogP contribution in [-0.2, 0) is 17.6 Å². The lowest BCUT2D eigenvalue weighted by atomic mass is 9.92. The molecule has 0 aromatic heterocycles. The number of Topliss-reactive ketones (excluding diaryl/α,β-unsaturated/α-hetero) is 1. The number of halogens is 2. The Balaban J connectivity index is 0.00000161. The Morgan fingerprint density at radius 3 is 2.52 bits per heavy atom. The van der Waals surface area contributed by atoms with Crippen LogP contribution >= 0.6 is 24.0 Å². The third-order valence-electron chi connectivity index (χ3n) is 3.92. The van der Waals surface area contributed by atoms with E-state index in [1.54, 1.807) is 0 Å². The van der Waals surface area contributed by atoms with Gasteiger partial charge >= 0.3 is 0 Å². The summed E-state index contributed by atoms with van der Waals surface area (Å²) in [5, 5.41) is 0.717. The number of carbonyl (C=O) groups is 1. The zero-order valence-corrected chi connectivity index (χ0v) is 13.1. The van der Waals surface area contributed by atoms with Crippen LogP contribution in [0.25, 0.3) is 11.1 Å². The average Bonchev–Trinajstić information content (AvgIpc) is 2.60. The Bertz CT molecular complexity index is 652. The second-order valence-corrected chi connectivity index (χ2v) is 5.67. The zero-order valence-electron chi connectivity index (χ0n) is 11.5. The monoisotopic (exact) mass is 321 g/mol. The van der Waals surface area contributed by atoms with Crippen molar-refractivity contribution >= 4 is 29.8 Å². The van der Waals surface area contributed by atoms with Crippen LogP contribution in [0.5, 0.6) is 0 Å². The number of benzene rings is 2. The Hall–Kier alpha value is -1.35. The number of nitrogens with two attached hydrogens (primary N) is 1. The van der Waals surface area contributed by atoms with E-state index in [1.807, 2.05) is 30.3 Å². The van der Waals surface area contributed by atoms with Gasteiger partial charge in [0.25, 0.3) is 0 Å². The van der Waals surface area contributed by atoms with E-state index in [4.69, 9.17) is 17.3 Å². The van der Waals surface area contributed by atoms with Gasteiger partial charge in [-0.05, 0) is 47.2 Å². The predicted molar refractivity (Wildman–Crippen MR) is 89.1 cm³/mol. The molecule has 21 heavy (non-hydrogen) atoms. The molecule has 2 N–H and O–H groups in total. The summed E-state index contributed by atoms with van der Waals surface area (Å²) in [5.41, 5.74) is 10.5. The van der Waals surface area contributed by atoms with E-state index in [0.29, 0.717) is 11.4 Å². The fourth-order valence-corrected chi connectivity index (χ4v) is 2.88. The molecular formula is C17H17Cl2NO. The van der Waals surface area contributed by atoms with Gasteiger partial charge in [0.15, 0.2) is 5.78 Å². The number of rotatable bonds is 1. The molecule has 1 atom stereocenters. The third kappa shape index (κ3) is 3.29. The summed E-state index contributed by atoms with van der Waals surface area (Å²) < 4.78 is 0. The van der Waals surface area contributed by atoms with E-state index in [2.05, 4.69) is 12.1 Å². The largest absolute Gasteiger partial charge is 0.321 e. The van der Waals surface area contributed by atoms with Crippen molar-refractivity contribution in [2.45, 2.75) is 25.3 Å². The third-order valence-corrected chi connectivity index (χ3v) is 4.17. The van der Waals surface area contributed by atoms with Crippen molar-refractivity contribution in [2.75, 3.05) is 0 Å². The first-order chi connectivity index (χ1) is 9.65. The summed E-state index contributed by atoms with van der Waals surface area (Å²) in [6.07, 6.45) is 2.02. The SMILES string of the molecule is Cl.NC1CCc2cccc(-c3ccc(Cl)cc3)c2CC1=O. The molecule has 0 aliphatic heterocycles. The van der Waals surface area contributed by atoms with E-state index in [1.165, 1.54) is 5.56 Å². The molecule has 4 heteroatoms. The summed E-state index contributed by atoms with van der Waals surface area (Å²) in [5.74, 6) is 0.130. The van der Waals surface area contributed by atoms with E-state index in [0.717, 1.165) is 29.5 Å². The summed E-state index contributed by atoms with van der Waals surface area (Å²) in [4.78, 5) is 12.1. The van der Waals surface area contributed by atoms with E-state index >= 15 is 0 Å². The molecule has 2 aromatic carbocycles. The van der Waals surface area contributed by atoms with Gasteiger partial charge in [0.2, 0.25) is 0 Å². The molecule has 2 aromatic rings. The lowest BCUT2D eigenvalue weighted by Gasteiger charge is -2.12. The van der Waals surface area contributed by atoms with Gasteiger partial charge in [-0.15, -0.1) is 12.4 Å². The molecule has 0 amide bonds. The zero-order chi connectivity index (χ0) is 14.1. The fraction of sp³-hybridized carbons (Fsp3) is 0.235. The molecular weight excluding hydrogens is 305 g/mol. The number of hydrogen-bond donors (Lipinski definition) is 1. The van der Waals surface area contributed by atoms with Gasteiger partial charge in [0.05, 0.1) is 6.04 Å². The van der Waals surface area contributed by atoms with Gasteiger partial charge in [-0.2, -0.15) is 0 Å². The minimum Gasteiger partial charge on any atom is -0.321 e. The molecule has 110 valence electrons. The first-order valence-corrected chi connectivity index (χ1v) is 7.18. The molecule has 3 rings (SSSR count). The van der Waals surface area contributed by atoms with Gasteiger partial charge in [0, 0.05) is 11.4 Å². The lowest BCUT2D eigenvalue weighted by Crippen LogP contribution is -2.30. The van der Waals surface area contributed by atoms with Gasteiger partial charge in [0.1, 0.15) is 0 Å². The molecule has 1 aliphatic carbocycles. The quantitative estimate of drug-likeness (QED) is 0.811. The summed E-state index contributed by atoms with van der Waals surface area (Å²) in [6, 6.07) is 13.6. The molecule has 0 heterocycles. The van der Waals surface area contributed by atoms with Crippen LogP contribution in [0, 0.1) is 0 Å². The van der Waals surface area contributed by atoms with Gasteiger partial charge in [-0.3, -0.25) is 4.79 Å². The van der Waals surface area contributed by atoms with Crippen molar-refractivity contribution in [3.63, 3.8) is 0 Å². The highest BCUT2D eigenvalue weighted by molar-refractivity contribution is 6.30. The summed E-state index contributed by atoms with van der Waals surface area (Å²) >= 11 is 5.94. The van der Waals surface area contributed by atoms with Crippen molar-refractivity contribution in [3.8, 4) is 11.1 Å². The van der Waals surface area contributed by atoms with Crippen molar-refractivity contribution in [1.29, 1.82) is 0 Å². The number of ketones is 1. The highest BCUT2D eigenvalue weighted by Gasteiger charge is 2.22. The molecule has 0 saturated carbocycles. The van der Waals surface area contributed by atoms with Crippen molar-refractivity contribution < 1.29 is 4.79 Å². The molecule has 0 saturated heterocycles. The minimum atomic E-state index is -0.333. The molecule has 2 nitrogen and oxygen atoms in total. The first-order valence-electron chi connectivity index (χ1n) is 6.80.